The molecule has 0 saturated carbocycles. The first-order chi connectivity index (χ1) is 12.5. The Bertz CT molecular complexity index is 864. The van der Waals surface area contributed by atoms with Crippen LogP contribution in [0.4, 0.5) is 0 Å². The molecule has 0 spiro atoms. The highest BCUT2D eigenvalue weighted by Crippen LogP contribution is 2.23. The van der Waals surface area contributed by atoms with Gasteiger partial charge in [-0.05, 0) is 62.9 Å². The number of carbonyl (C=O) groups excluding carboxylic acids is 1. The van der Waals surface area contributed by atoms with Crippen LogP contribution in [-0.2, 0) is 6.54 Å². The summed E-state index contributed by atoms with van der Waals surface area (Å²) in [5, 5.41) is 6.17. The molecule has 2 N–H and O–H groups in total. The van der Waals surface area contributed by atoms with E-state index in [0.29, 0.717) is 17.9 Å². The molecular formula is C21H26N2O3. The average molecular weight is 354 g/mol. The summed E-state index contributed by atoms with van der Waals surface area (Å²) in [4.78, 5) is 25.0. The maximum Gasteiger partial charge on any atom is 0.349 e. The van der Waals surface area contributed by atoms with E-state index in [1.807, 2.05) is 38.1 Å². The van der Waals surface area contributed by atoms with E-state index < -0.39 is 5.63 Å². The average Bonchev–Trinajstić information content (AvgIpc) is 2.62. The monoisotopic (exact) mass is 354 g/mol. The topological polar surface area (TPSA) is 71.3 Å². The van der Waals surface area contributed by atoms with Crippen molar-refractivity contribution in [3.05, 3.63) is 68.3 Å². The quantitative estimate of drug-likeness (QED) is 0.885. The molecule has 2 aromatic rings. The SMILES string of the molecule is Cc1ccc(C)c(CNC(=O)c2c(C)cc(C3CCCNC3)oc2=O)c1. The smallest absolute Gasteiger partial charge is 0.349 e. The zero-order chi connectivity index (χ0) is 18.7. The maximum atomic E-state index is 12.6. The van der Waals surface area contributed by atoms with Crippen molar-refractivity contribution < 1.29 is 9.21 Å². The maximum absolute atomic E-state index is 12.6. The molecule has 1 aliphatic rings. The molecule has 5 heteroatoms. The van der Waals surface area contributed by atoms with Crippen LogP contribution in [0.5, 0.6) is 0 Å². The highest BCUT2D eigenvalue weighted by Gasteiger charge is 2.22. The Morgan fingerprint density at radius 3 is 2.73 bits per heavy atom. The molecule has 3 rings (SSSR count). The van der Waals surface area contributed by atoms with Gasteiger partial charge in [-0.1, -0.05) is 23.8 Å². The van der Waals surface area contributed by atoms with Crippen molar-refractivity contribution >= 4 is 5.91 Å². The van der Waals surface area contributed by atoms with Gasteiger partial charge in [0.05, 0.1) is 0 Å². The van der Waals surface area contributed by atoms with Crippen molar-refractivity contribution in [3.8, 4) is 0 Å². The van der Waals surface area contributed by atoms with Gasteiger partial charge < -0.3 is 15.1 Å². The van der Waals surface area contributed by atoms with E-state index in [9.17, 15) is 9.59 Å². The van der Waals surface area contributed by atoms with E-state index in [0.717, 1.165) is 42.6 Å². The Hall–Kier alpha value is -2.40. The van der Waals surface area contributed by atoms with Crippen molar-refractivity contribution in [3.63, 3.8) is 0 Å². The number of amides is 1. The molecule has 26 heavy (non-hydrogen) atoms. The molecule has 1 atom stereocenters. The van der Waals surface area contributed by atoms with Gasteiger partial charge in [-0.2, -0.15) is 0 Å². The summed E-state index contributed by atoms with van der Waals surface area (Å²) < 4.78 is 5.49. The van der Waals surface area contributed by atoms with Gasteiger partial charge >= 0.3 is 5.63 Å². The van der Waals surface area contributed by atoms with E-state index in [2.05, 4.69) is 10.6 Å². The minimum atomic E-state index is -0.552. The Morgan fingerprint density at radius 2 is 2.04 bits per heavy atom. The van der Waals surface area contributed by atoms with E-state index in [1.54, 1.807) is 6.92 Å². The Labute approximate surface area is 153 Å². The Kier molecular flexibility index (Phi) is 5.57. The molecule has 2 heterocycles. The molecule has 1 saturated heterocycles. The first kappa shape index (κ1) is 18.4. The number of carbonyl (C=O) groups is 1. The van der Waals surface area contributed by atoms with Gasteiger partial charge in [0.25, 0.3) is 5.91 Å². The van der Waals surface area contributed by atoms with Crippen molar-refractivity contribution in [2.75, 3.05) is 13.1 Å². The zero-order valence-electron chi connectivity index (χ0n) is 15.6. The normalized spacial score (nSPS) is 17.1. The molecule has 1 aromatic heterocycles. The molecule has 0 bridgehead atoms. The van der Waals surface area contributed by atoms with Gasteiger partial charge in [-0.3, -0.25) is 4.79 Å². The lowest BCUT2D eigenvalue weighted by Gasteiger charge is -2.22. The van der Waals surface area contributed by atoms with Crippen LogP contribution < -0.4 is 16.3 Å². The summed E-state index contributed by atoms with van der Waals surface area (Å²) in [5.74, 6) is 0.485. The summed E-state index contributed by atoms with van der Waals surface area (Å²) in [7, 11) is 0. The van der Waals surface area contributed by atoms with Crippen LogP contribution in [0.3, 0.4) is 0 Å². The molecule has 1 amide bonds. The van der Waals surface area contributed by atoms with Crippen molar-refractivity contribution in [2.45, 2.75) is 46.1 Å². The van der Waals surface area contributed by atoms with Gasteiger partial charge in [0.15, 0.2) is 0 Å². The lowest BCUT2D eigenvalue weighted by Crippen LogP contribution is -2.31. The Balaban J connectivity index is 1.76. The largest absolute Gasteiger partial charge is 0.427 e. The van der Waals surface area contributed by atoms with Crippen LogP contribution in [0.1, 0.15) is 57.1 Å². The first-order valence-corrected chi connectivity index (χ1v) is 9.15. The summed E-state index contributed by atoms with van der Waals surface area (Å²) >= 11 is 0. The first-order valence-electron chi connectivity index (χ1n) is 9.15. The lowest BCUT2D eigenvalue weighted by molar-refractivity contribution is 0.0945. The molecule has 5 nitrogen and oxygen atoms in total. The van der Waals surface area contributed by atoms with Crippen molar-refractivity contribution in [2.24, 2.45) is 0 Å². The molecule has 1 fully saturated rings. The zero-order valence-corrected chi connectivity index (χ0v) is 15.6. The fraction of sp³-hybridized carbons (Fsp3) is 0.429. The van der Waals surface area contributed by atoms with E-state index in [-0.39, 0.29) is 17.4 Å². The fourth-order valence-electron chi connectivity index (χ4n) is 3.46. The molecule has 0 radical (unpaired) electrons. The summed E-state index contributed by atoms with van der Waals surface area (Å²) in [6, 6.07) is 7.96. The highest BCUT2D eigenvalue weighted by atomic mass is 16.4. The molecule has 0 aliphatic carbocycles. The molecule has 138 valence electrons. The van der Waals surface area contributed by atoms with E-state index in [4.69, 9.17) is 4.42 Å². The van der Waals surface area contributed by atoms with Crippen LogP contribution in [0.15, 0.2) is 33.5 Å². The van der Waals surface area contributed by atoms with E-state index >= 15 is 0 Å². The predicted octanol–water partition coefficient (Wildman–Crippen LogP) is 2.96. The second-order valence-electron chi connectivity index (χ2n) is 7.15. The van der Waals surface area contributed by atoms with Crippen LogP contribution >= 0.6 is 0 Å². The minimum Gasteiger partial charge on any atom is -0.427 e. The number of benzene rings is 1. The summed E-state index contributed by atoms with van der Waals surface area (Å²) in [6.07, 6.45) is 2.05. The third-order valence-corrected chi connectivity index (χ3v) is 5.04. The summed E-state index contributed by atoms with van der Waals surface area (Å²) in [6.45, 7) is 8.01. The molecule has 1 aliphatic heterocycles. The number of aryl methyl sites for hydroxylation is 3. The van der Waals surface area contributed by atoms with Crippen LogP contribution in [-0.4, -0.2) is 19.0 Å². The van der Waals surface area contributed by atoms with Gasteiger partial charge in [0.1, 0.15) is 11.3 Å². The van der Waals surface area contributed by atoms with Crippen molar-refractivity contribution in [1.82, 2.24) is 10.6 Å². The molecule has 1 unspecified atom stereocenters. The number of nitrogens with one attached hydrogen (secondary N) is 2. The summed E-state index contributed by atoms with van der Waals surface area (Å²) in [5.41, 5.74) is 3.51. The Morgan fingerprint density at radius 1 is 1.23 bits per heavy atom. The number of hydrogen-bond acceptors (Lipinski definition) is 4. The molecular weight excluding hydrogens is 328 g/mol. The number of rotatable bonds is 4. The van der Waals surface area contributed by atoms with Crippen molar-refractivity contribution in [1.29, 1.82) is 0 Å². The third kappa shape index (κ3) is 4.05. The van der Waals surface area contributed by atoms with Crippen LogP contribution in [0, 0.1) is 20.8 Å². The van der Waals surface area contributed by atoms with Gasteiger partial charge in [-0.15, -0.1) is 0 Å². The van der Waals surface area contributed by atoms with Crippen LogP contribution in [0.2, 0.25) is 0 Å². The van der Waals surface area contributed by atoms with Gasteiger partial charge in [0.2, 0.25) is 0 Å². The molecule has 1 aromatic carbocycles. The predicted molar refractivity (Wildman–Crippen MR) is 102 cm³/mol. The number of hydrogen-bond donors (Lipinski definition) is 2. The lowest BCUT2D eigenvalue weighted by atomic mass is 9.95. The third-order valence-electron chi connectivity index (χ3n) is 5.04. The van der Waals surface area contributed by atoms with E-state index in [1.165, 1.54) is 0 Å². The number of piperidine rings is 1. The van der Waals surface area contributed by atoms with Gasteiger partial charge in [-0.25, -0.2) is 4.79 Å². The standard InChI is InChI=1S/C21H26N2O3/c1-13-6-7-14(2)17(9-13)12-23-20(24)19-15(3)10-18(26-21(19)25)16-5-4-8-22-11-16/h6-7,9-10,16,22H,4-5,8,11-12H2,1-3H3,(H,23,24). The van der Waals surface area contributed by atoms with Gasteiger partial charge in [0, 0.05) is 19.0 Å². The second kappa shape index (κ2) is 7.87. The minimum absolute atomic E-state index is 0.0998. The van der Waals surface area contributed by atoms with Crippen LogP contribution in [0.25, 0.3) is 0 Å². The second-order valence-corrected chi connectivity index (χ2v) is 7.15. The fourth-order valence-corrected chi connectivity index (χ4v) is 3.46. The highest BCUT2D eigenvalue weighted by molar-refractivity contribution is 5.95.